The Balaban J connectivity index is 2.14. The number of imidazole rings is 1. The van der Waals surface area contributed by atoms with Crippen LogP contribution in [0.3, 0.4) is 0 Å². The predicted octanol–water partition coefficient (Wildman–Crippen LogP) is 4.32. The Kier molecular flexibility index (Phi) is 3.19. The van der Waals surface area contributed by atoms with E-state index >= 15 is 0 Å². The van der Waals surface area contributed by atoms with Crippen molar-refractivity contribution in [1.29, 1.82) is 0 Å². The Hall–Kier alpha value is -1.54. The summed E-state index contributed by atoms with van der Waals surface area (Å²) in [6, 6.07) is 8.09. The maximum atomic E-state index is 5.98. The molecule has 2 heterocycles. The van der Waals surface area contributed by atoms with Crippen LogP contribution in [-0.4, -0.2) is 9.55 Å². The molecule has 3 heteroatoms. The minimum Gasteiger partial charge on any atom is -0.328 e. The minimum absolute atomic E-state index is 0.778. The topological polar surface area (TPSA) is 17.8 Å². The van der Waals surface area contributed by atoms with Crippen LogP contribution in [0.1, 0.15) is 37.4 Å². The normalized spacial score (nSPS) is 14.7. The van der Waals surface area contributed by atoms with Crippen molar-refractivity contribution >= 4 is 17.2 Å². The average molecular weight is 273 g/mol. The lowest BCUT2D eigenvalue weighted by atomic mass is 9.94. The Morgan fingerprint density at radius 1 is 1.26 bits per heavy atom. The van der Waals surface area contributed by atoms with Gasteiger partial charge in [-0.3, -0.25) is 0 Å². The quantitative estimate of drug-likeness (QED) is 0.796. The van der Waals surface area contributed by atoms with E-state index in [-0.39, 0.29) is 0 Å². The van der Waals surface area contributed by atoms with Crippen molar-refractivity contribution in [3.05, 3.63) is 58.1 Å². The first-order valence-corrected chi connectivity index (χ1v) is 7.09. The van der Waals surface area contributed by atoms with Gasteiger partial charge in [0, 0.05) is 23.6 Å². The van der Waals surface area contributed by atoms with Gasteiger partial charge in [-0.1, -0.05) is 36.2 Å². The molecule has 1 aromatic heterocycles. The van der Waals surface area contributed by atoms with Gasteiger partial charge in [-0.25, -0.2) is 4.98 Å². The molecular weight excluding hydrogens is 256 g/mol. The molecule has 0 atom stereocenters. The van der Waals surface area contributed by atoms with Gasteiger partial charge >= 0.3 is 0 Å². The highest BCUT2D eigenvalue weighted by atomic mass is 35.5. The lowest BCUT2D eigenvalue weighted by molar-refractivity contribution is 0.633. The first-order valence-electron chi connectivity index (χ1n) is 6.71. The van der Waals surface area contributed by atoms with Crippen LogP contribution in [0.15, 0.2) is 36.0 Å². The number of hydrogen-bond donors (Lipinski definition) is 0. The van der Waals surface area contributed by atoms with E-state index in [4.69, 9.17) is 11.6 Å². The molecule has 0 saturated heterocycles. The second kappa shape index (κ2) is 4.86. The van der Waals surface area contributed by atoms with Crippen LogP contribution >= 0.6 is 11.6 Å². The fourth-order valence-electron chi connectivity index (χ4n) is 2.78. The number of aryl methyl sites for hydroxylation is 1. The molecule has 1 aromatic carbocycles. The summed E-state index contributed by atoms with van der Waals surface area (Å²) in [4.78, 5) is 4.55. The summed E-state index contributed by atoms with van der Waals surface area (Å²) in [5, 5.41) is 0.778. The van der Waals surface area contributed by atoms with Crippen molar-refractivity contribution in [2.45, 2.75) is 33.2 Å². The molecule has 0 bridgehead atoms. The fraction of sp³-hybridized carbons (Fsp3) is 0.312. The van der Waals surface area contributed by atoms with Crippen molar-refractivity contribution in [2.24, 2.45) is 0 Å². The SMILES string of the molecule is CCc1ncc2n1CCC(C)=C2c1ccc(Cl)cc1. The third-order valence-corrected chi connectivity index (χ3v) is 4.03. The summed E-state index contributed by atoms with van der Waals surface area (Å²) >= 11 is 5.98. The van der Waals surface area contributed by atoms with E-state index in [1.807, 2.05) is 18.3 Å². The monoisotopic (exact) mass is 272 g/mol. The zero-order chi connectivity index (χ0) is 13.4. The van der Waals surface area contributed by atoms with Crippen molar-refractivity contribution in [3.63, 3.8) is 0 Å². The molecule has 1 aliphatic heterocycles. The minimum atomic E-state index is 0.778. The number of aromatic nitrogens is 2. The molecule has 1 aliphatic rings. The van der Waals surface area contributed by atoms with Gasteiger partial charge in [0.25, 0.3) is 0 Å². The largest absolute Gasteiger partial charge is 0.328 e. The number of halogens is 1. The zero-order valence-corrected chi connectivity index (χ0v) is 12.0. The van der Waals surface area contributed by atoms with Gasteiger partial charge in [0.1, 0.15) is 5.82 Å². The smallest absolute Gasteiger partial charge is 0.108 e. The Morgan fingerprint density at radius 2 is 2.00 bits per heavy atom. The van der Waals surface area contributed by atoms with Gasteiger partial charge < -0.3 is 4.57 Å². The highest BCUT2D eigenvalue weighted by Gasteiger charge is 2.20. The van der Waals surface area contributed by atoms with Crippen LogP contribution in [-0.2, 0) is 13.0 Å². The highest BCUT2D eigenvalue weighted by molar-refractivity contribution is 6.30. The predicted molar refractivity (Wildman–Crippen MR) is 79.4 cm³/mol. The number of allylic oxidation sites excluding steroid dienone is 1. The Bertz CT molecular complexity index is 635. The summed E-state index contributed by atoms with van der Waals surface area (Å²) in [6.07, 6.45) is 4.08. The molecule has 3 rings (SSSR count). The van der Waals surface area contributed by atoms with Crippen molar-refractivity contribution in [1.82, 2.24) is 9.55 Å². The number of rotatable bonds is 2. The summed E-state index contributed by atoms with van der Waals surface area (Å²) in [5.41, 5.74) is 5.21. The maximum absolute atomic E-state index is 5.98. The van der Waals surface area contributed by atoms with E-state index in [0.717, 1.165) is 24.4 Å². The third-order valence-electron chi connectivity index (χ3n) is 3.78. The number of fused-ring (bicyclic) bond motifs is 1. The molecule has 0 unspecified atom stereocenters. The van der Waals surface area contributed by atoms with Crippen LogP contribution in [0.4, 0.5) is 0 Å². The van der Waals surface area contributed by atoms with Gasteiger partial charge in [0.15, 0.2) is 0 Å². The molecule has 0 aliphatic carbocycles. The zero-order valence-electron chi connectivity index (χ0n) is 11.3. The molecule has 2 nitrogen and oxygen atoms in total. The lowest BCUT2D eigenvalue weighted by Gasteiger charge is -2.22. The van der Waals surface area contributed by atoms with Crippen LogP contribution < -0.4 is 0 Å². The van der Waals surface area contributed by atoms with Crippen molar-refractivity contribution in [2.75, 3.05) is 0 Å². The molecule has 98 valence electrons. The van der Waals surface area contributed by atoms with E-state index in [2.05, 4.69) is 35.5 Å². The summed E-state index contributed by atoms with van der Waals surface area (Å²) < 4.78 is 2.34. The van der Waals surface area contributed by atoms with Crippen molar-refractivity contribution < 1.29 is 0 Å². The molecule has 19 heavy (non-hydrogen) atoms. The van der Waals surface area contributed by atoms with Crippen molar-refractivity contribution in [3.8, 4) is 0 Å². The average Bonchev–Trinajstić information content (AvgIpc) is 2.83. The van der Waals surface area contributed by atoms with E-state index in [9.17, 15) is 0 Å². The van der Waals surface area contributed by atoms with Crippen LogP contribution in [0.5, 0.6) is 0 Å². The Labute approximate surface area is 118 Å². The molecular formula is C16H17ClN2. The number of benzene rings is 1. The number of nitrogens with zero attached hydrogens (tertiary/aromatic N) is 2. The van der Waals surface area contributed by atoms with Crippen LogP contribution in [0, 0.1) is 0 Å². The van der Waals surface area contributed by atoms with E-state index in [0.29, 0.717) is 0 Å². The first kappa shape index (κ1) is 12.5. The maximum Gasteiger partial charge on any atom is 0.108 e. The molecule has 0 saturated carbocycles. The highest BCUT2D eigenvalue weighted by Crippen LogP contribution is 2.33. The van der Waals surface area contributed by atoms with Crippen LogP contribution in [0.2, 0.25) is 5.02 Å². The Morgan fingerprint density at radius 3 is 2.68 bits per heavy atom. The van der Waals surface area contributed by atoms with Gasteiger partial charge in [0.05, 0.1) is 11.9 Å². The lowest BCUT2D eigenvalue weighted by Crippen LogP contribution is -2.13. The van der Waals surface area contributed by atoms with Gasteiger partial charge in [-0.05, 0) is 31.0 Å². The second-order valence-corrected chi connectivity index (χ2v) is 5.41. The van der Waals surface area contributed by atoms with E-state index in [1.54, 1.807) is 0 Å². The third kappa shape index (κ3) is 2.10. The van der Waals surface area contributed by atoms with Gasteiger partial charge in [-0.15, -0.1) is 0 Å². The second-order valence-electron chi connectivity index (χ2n) is 4.98. The number of hydrogen-bond acceptors (Lipinski definition) is 1. The molecule has 2 aromatic rings. The van der Waals surface area contributed by atoms with E-state index in [1.165, 1.54) is 28.2 Å². The molecule has 0 radical (unpaired) electrons. The van der Waals surface area contributed by atoms with Crippen LogP contribution in [0.25, 0.3) is 5.57 Å². The standard InChI is InChI=1S/C16H17ClN2/c1-3-15-18-10-14-16(11(2)8-9-19(14)15)12-4-6-13(17)7-5-12/h4-7,10H,3,8-9H2,1-2H3. The molecule has 0 amide bonds. The molecule has 0 spiro atoms. The summed E-state index contributed by atoms with van der Waals surface area (Å²) in [6.45, 7) is 5.41. The van der Waals surface area contributed by atoms with Gasteiger partial charge in [0.2, 0.25) is 0 Å². The molecule has 0 N–H and O–H groups in total. The summed E-state index contributed by atoms with van der Waals surface area (Å²) in [7, 11) is 0. The fourth-order valence-corrected chi connectivity index (χ4v) is 2.91. The molecule has 0 fully saturated rings. The summed E-state index contributed by atoms with van der Waals surface area (Å²) in [5.74, 6) is 1.17. The van der Waals surface area contributed by atoms with Gasteiger partial charge in [-0.2, -0.15) is 0 Å². The first-order chi connectivity index (χ1) is 9.20. The van der Waals surface area contributed by atoms with E-state index < -0.39 is 0 Å².